The van der Waals surface area contributed by atoms with E-state index in [-0.39, 0.29) is 12.5 Å². The van der Waals surface area contributed by atoms with Gasteiger partial charge in [0, 0.05) is 18.7 Å². The molecule has 0 spiro atoms. The van der Waals surface area contributed by atoms with Gasteiger partial charge in [-0.1, -0.05) is 0 Å². The molecule has 1 unspecified atom stereocenters. The Morgan fingerprint density at radius 1 is 1.33 bits per heavy atom. The van der Waals surface area contributed by atoms with Gasteiger partial charge >= 0.3 is 5.97 Å². The first-order valence-electron chi connectivity index (χ1n) is 7.56. The van der Waals surface area contributed by atoms with Crippen LogP contribution in [0.2, 0.25) is 0 Å². The minimum absolute atomic E-state index is 0.155. The number of carbonyl (C=O) groups is 2. The Bertz CT molecular complexity index is 771. The molecule has 1 aliphatic heterocycles. The van der Waals surface area contributed by atoms with E-state index in [1.54, 1.807) is 25.1 Å². The normalized spacial score (nSPS) is 20.2. The Hall–Kier alpha value is -2.41. The lowest BCUT2D eigenvalue weighted by molar-refractivity contribution is -0.147. The number of thiazole rings is 1. The van der Waals surface area contributed by atoms with Crippen LogP contribution in [0.25, 0.3) is 10.6 Å². The van der Waals surface area contributed by atoms with E-state index in [9.17, 15) is 14.7 Å². The molecule has 24 heavy (non-hydrogen) atoms. The van der Waals surface area contributed by atoms with Crippen molar-refractivity contribution in [2.45, 2.75) is 13.3 Å². The maximum atomic E-state index is 12.6. The van der Waals surface area contributed by atoms with Gasteiger partial charge in [0.1, 0.15) is 15.6 Å². The topological polar surface area (TPSA) is 79.7 Å². The molecule has 3 rings (SSSR count). The maximum absolute atomic E-state index is 12.6. The van der Waals surface area contributed by atoms with Crippen molar-refractivity contribution in [2.24, 2.45) is 5.41 Å². The second-order valence-corrected chi connectivity index (χ2v) is 7.13. The predicted molar refractivity (Wildman–Crippen MR) is 90.4 cm³/mol. The van der Waals surface area contributed by atoms with E-state index in [1.165, 1.54) is 11.3 Å². The highest BCUT2D eigenvalue weighted by atomic mass is 32.1. The zero-order valence-corrected chi connectivity index (χ0v) is 14.3. The number of methoxy groups -OCH3 is 1. The first kappa shape index (κ1) is 16.4. The first-order chi connectivity index (χ1) is 11.4. The van der Waals surface area contributed by atoms with Gasteiger partial charge in [-0.25, -0.2) is 4.98 Å². The average Bonchev–Trinajstić information content (AvgIpc) is 3.22. The van der Waals surface area contributed by atoms with Crippen LogP contribution in [0.4, 0.5) is 0 Å². The van der Waals surface area contributed by atoms with Gasteiger partial charge in [0.15, 0.2) is 0 Å². The Kier molecular flexibility index (Phi) is 4.28. The van der Waals surface area contributed by atoms with Crippen molar-refractivity contribution in [1.82, 2.24) is 9.88 Å². The van der Waals surface area contributed by atoms with Gasteiger partial charge in [-0.05, 0) is 37.6 Å². The van der Waals surface area contributed by atoms with E-state index >= 15 is 0 Å². The lowest BCUT2D eigenvalue weighted by Gasteiger charge is -2.19. The molecule has 126 valence electrons. The molecule has 0 aliphatic carbocycles. The third kappa shape index (κ3) is 2.99. The Morgan fingerprint density at radius 2 is 2.04 bits per heavy atom. The second-order valence-electron chi connectivity index (χ2n) is 6.10. The van der Waals surface area contributed by atoms with Crippen LogP contribution in [-0.4, -0.2) is 47.1 Å². The molecular weight excluding hydrogens is 328 g/mol. The van der Waals surface area contributed by atoms with Crippen molar-refractivity contribution in [3.05, 3.63) is 35.3 Å². The highest BCUT2D eigenvalue weighted by Gasteiger charge is 2.42. The van der Waals surface area contributed by atoms with Gasteiger partial charge in [-0.2, -0.15) is 0 Å². The summed E-state index contributed by atoms with van der Waals surface area (Å²) in [6.07, 6.45) is 2.03. The second kappa shape index (κ2) is 6.24. The molecule has 0 bridgehead atoms. The summed E-state index contributed by atoms with van der Waals surface area (Å²) in [5, 5.41) is 10.0. The van der Waals surface area contributed by atoms with E-state index in [4.69, 9.17) is 4.74 Å². The van der Waals surface area contributed by atoms with Crippen molar-refractivity contribution < 1.29 is 19.4 Å². The SMILES string of the molecule is COc1ccc(-c2ncc(C(=O)N3CCC(C)(C(=O)O)C3)s2)cc1. The number of hydrogen-bond donors (Lipinski definition) is 1. The molecule has 1 aromatic heterocycles. The molecule has 2 aromatic rings. The summed E-state index contributed by atoms with van der Waals surface area (Å²) in [6.45, 7) is 2.37. The van der Waals surface area contributed by atoms with Crippen molar-refractivity contribution in [3.8, 4) is 16.3 Å². The highest BCUT2D eigenvalue weighted by Crippen LogP contribution is 2.33. The number of hydrogen-bond acceptors (Lipinski definition) is 5. The number of rotatable bonds is 4. The molecule has 6 nitrogen and oxygen atoms in total. The number of aliphatic carboxylic acids is 1. The van der Waals surface area contributed by atoms with Gasteiger partial charge in [-0.15, -0.1) is 11.3 Å². The minimum Gasteiger partial charge on any atom is -0.497 e. The predicted octanol–water partition coefficient (Wildman–Crippen LogP) is 2.76. The largest absolute Gasteiger partial charge is 0.497 e. The molecule has 7 heteroatoms. The summed E-state index contributed by atoms with van der Waals surface area (Å²) >= 11 is 1.31. The molecule has 2 heterocycles. The van der Waals surface area contributed by atoms with Gasteiger partial charge in [0.05, 0.1) is 18.7 Å². The van der Waals surface area contributed by atoms with E-state index in [1.807, 2.05) is 24.3 Å². The highest BCUT2D eigenvalue weighted by molar-refractivity contribution is 7.16. The number of ether oxygens (including phenoxy) is 1. The molecule has 1 aromatic carbocycles. The molecule has 0 radical (unpaired) electrons. The third-order valence-corrected chi connectivity index (χ3v) is 5.36. The van der Waals surface area contributed by atoms with Crippen LogP contribution >= 0.6 is 11.3 Å². The lowest BCUT2D eigenvalue weighted by Crippen LogP contribution is -2.34. The van der Waals surface area contributed by atoms with Crippen LogP contribution in [0.1, 0.15) is 23.0 Å². The van der Waals surface area contributed by atoms with Crippen molar-refractivity contribution in [3.63, 3.8) is 0 Å². The van der Waals surface area contributed by atoms with Gasteiger partial charge in [-0.3, -0.25) is 9.59 Å². The van der Waals surface area contributed by atoms with E-state index < -0.39 is 11.4 Å². The average molecular weight is 346 g/mol. The van der Waals surface area contributed by atoms with Gasteiger partial charge < -0.3 is 14.7 Å². The van der Waals surface area contributed by atoms with Crippen molar-refractivity contribution >= 4 is 23.2 Å². The summed E-state index contributed by atoms with van der Waals surface area (Å²) in [5.74, 6) is -0.255. The zero-order valence-electron chi connectivity index (χ0n) is 13.5. The number of nitrogens with zero attached hydrogens (tertiary/aromatic N) is 2. The Balaban J connectivity index is 1.75. The number of amides is 1. The Labute approximate surface area is 143 Å². The standard InChI is InChI=1S/C17H18N2O4S/c1-17(16(21)22)7-8-19(10-17)15(20)13-9-18-14(24-13)11-3-5-12(23-2)6-4-11/h3-6,9H,7-8,10H2,1-2H3,(H,21,22). The van der Waals surface area contributed by atoms with Crippen molar-refractivity contribution in [2.75, 3.05) is 20.2 Å². The number of benzene rings is 1. The summed E-state index contributed by atoms with van der Waals surface area (Å²) in [4.78, 5) is 30.3. The van der Waals surface area contributed by atoms with Crippen molar-refractivity contribution in [1.29, 1.82) is 0 Å². The number of aromatic nitrogens is 1. The van der Waals surface area contributed by atoms with Crippen LogP contribution in [0.15, 0.2) is 30.5 Å². The molecular formula is C17H18N2O4S. The van der Waals surface area contributed by atoms with Gasteiger partial charge in [0.25, 0.3) is 5.91 Å². The fourth-order valence-corrected chi connectivity index (χ4v) is 3.59. The number of likely N-dealkylation sites (tertiary alicyclic amines) is 1. The molecule has 1 atom stereocenters. The smallest absolute Gasteiger partial charge is 0.311 e. The third-order valence-electron chi connectivity index (χ3n) is 4.33. The fourth-order valence-electron chi connectivity index (χ4n) is 2.70. The number of carboxylic acid groups (broad SMARTS) is 1. The van der Waals surface area contributed by atoms with Crippen LogP contribution in [0.3, 0.4) is 0 Å². The monoisotopic (exact) mass is 346 g/mol. The number of carboxylic acids is 1. The first-order valence-corrected chi connectivity index (χ1v) is 8.37. The van der Waals surface area contributed by atoms with Crippen LogP contribution in [0, 0.1) is 5.41 Å². The van der Waals surface area contributed by atoms with E-state index in [2.05, 4.69) is 4.98 Å². The quantitative estimate of drug-likeness (QED) is 0.921. The Morgan fingerprint density at radius 3 is 2.62 bits per heavy atom. The molecule has 1 fully saturated rings. The molecule has 1 amide bonds. The molecule has 1 aliphatic rings. The molecule has 0 saturated carbocycles. The fraction of sp³-hybridized carbons (Fsp3) is 0.353. The number of carbonyl (C=O) groups excluding carboxylic acids is 1. The summed E-state index contributed by atoms with van der Waals surface area (Å²) in [5.41, 5.74) is 0.0516. The van der Waals surface area contributed by atoms with Gasteiger partial charge in [0.2, 0.25) is 0 Å². The molecule has 1 N–H and O–H groups in total. The van der Waals surface area contributed by atoms with E-state index in [0.29, 0.717) is 17.8 Å². The molecule has 1 saturated heterocycles. The summed E-state index contributed by atoms with van der Waals surface area (Å²) in [7, 11) is 1.61. The zero-order chi connectivity index (χ0) is 17.3. The summed E-state index contributed by atoms with van der Waals surface area (Å²) in [6, 6.07) is 7.47. The van der Waals surface area contributed by atoms with E-state index in [0.717, 1.165) is 16.3 Å². The maximum Gasteiger partial charge on any atom is 0.311 e. The lowest BCUT2D eigenvalue weighted by atomic mass is 9.90. The minimum atomic E-state index is -0.862. The van der Waals surface area contributed by atoms with Crippen LogP contribution in [-0.2, 0) is 4.79 Å². The summed E-state index contributed by atoms with van der Waals surface area (Å²) < 4.78 is 5.13. The van der Waals surface area contributed by atoms with Crippen LogP contribution < -0.4 is 4.74 Å². The van der Waals surface area contributed by atoms with Crippen LogP contribution in [0.5, 0.6) is 5.75 Å².